The zero-order valence-corrected chi connectivity index (χ0v) is 13.4. The Morgan fingerprint density at radius 3 is 2.05 bits per heavy atom. The Labute approximate surface area is 125 Å². The summed E-state index contributed by atoms with van der Waals surface area (Å²) in [7, 11) is -3.23. The fourth-order valence-electron chi connectivity index (χ4n) is 1.79. The quantitative estimate of drug-likeness (QED) is 0.870. The lowest BCUT2D eigenvalue weighted by molar-refractivity contribution is 0.461. The molecule has 0 bridgehead atoms. The van der Waals surface area contributed by atoms with Crippen LogP contribution in [-0.4, -0.2) is 19.7 Å². The summed E-state index contributed by atoms with van der Waals surface area (Å²) in [6.45, 7) is 6.44. The first-order chi connectivity index (χ1) is 9.66. The molecule has 0 saturated heterocycles. The molecule has 0 aliphatic heterocycles. The third-order valence-corrected chi connectivity index (χ3v) is 4.18. The Balaban J connectivity index is 2.15. The molecule has 0 atom stereocenters. The van der Waals surface area contributed by atoms with E-state index in [0.29, 0.717) is 11.6 Å². The maximum atomic E-state index is 11.4. The van der Waals surface area contributed by atoms with Crippen LogP contribution in [0.15, 0.2) is 47.5 Å². The summed E-state index contributed by atoms with van der Waals surface area (Å²) in [5, 5.41) is 0. The maximum Gasteiger partial charge on any atom is 0.219 e. The van der Waals surface area contributed by atoms with Crippen molar-refractivity contribution in [3.05, 3.63) is 48.2 Å². The summed E-state index contributed by atoms with van der Waals surface area (Å²) in [5.74, 6) is 1.04. The second kappa shape index (κ2) is 5.48. The van der Waals surface area contributed by atoms with Crippen molar-refractivity contribution in [1.82, 2.24) is 4.98 Å². The molecule has 1 aromatic heterocycles. The number of hydrogen-bond donors (Lipinski definition) is 0. The van der Waals surface area contributed by atoms with Crippen molar-refractivity contribution < 1.29 is 13.2 Å². The van der Waals surface area contributed by atoms with E-state index in [4.69, 9.17) is 4.74 Å². The predicted octanol–water partition coefficient (Wildman–Crippen LogP) is 3.57. The molecule has 1 aromatic carbocycles. The molecule has 5 heteroatoms. The Morgan fingerprint density at radius 2 is 1.62 bits per heavy atom. The summed E-state index contributed by atoms with van der Waals surface area (Å²) in [4.78, 5) is 4.19. The summed E-state index contributed by atoms with van der Waals surface area (Å²) in [6, 6.07) is 10.8. The SMILES string of the molecule is CC(C)(C)c1ccc(Oc2ccc(S(C)(=O)=O)cn2)cc1. The third-order valence-electron chi connectivity index (χ3n) is 3.08. The van der Waals surface area contributed by atoms with Gasteiger partial charge in [0.15, 0.2) is 9.84 Å². The average molecular weight is 305 g/mol. The van der Waals surface area contributed by atoms with Crippen LogP contribution in [0.1, 0.15) is 26.3 Å². The smallest absolute Gasteiger partial charge is 0.219 e. The number of sulfone groups is 1. The Kier molecular flexibility index (Phi) is 4.05. The highest BCUT2D eigenvalue weighted by Crippen LogP contribution is 2.26. The van der Waals surface area contributed by atoms with Gasteiger partial charge in [-0.25, -0.2) is 13.4 Å². The van der Waals surface area contributed by atoms with Crippen LogP contribution in [0.5, 0.6) is 11.6 Å². The first-order valence-electron chi connectivity index (χ1n) is 6.61. The largest absolute Gasteiger partial charge is 0.439 e. The number of hydrogen-bond acceptors (Lipinski definition) is 4. The van der Waals surface area contributed by atoms with Crippen molar-refractivity contribution in [3.8, 4) is 11.6 Å². The van der Waals surface area contributed by atoms with Crippen LogP contribution in [0, 0.1) is 0 Å². The molecule has 0 amide bonds. The molecule has 4 nitrogen and oxygen atoms in total. The van der Waals surface area contributed by atoms with Crippen molar-refractivity contribution >= 4 is 9.84 Å². The molecule has 2 rings (SSSR count). The van der Waals surface area contributed by atoms with Crippen LogP contribution >= 0.6 is 0 Å². The summed E-state index contributed by atoms with van der Waals surface area (Å²) < 4.78 is 28.3. The summed E-state index contributed by atoms with van der Waals surface area (Å²) in [5.41, 5.74) is 1.31. The van der Waals surface area contributed by atoms with Crippen molar-refractivity contribution in [2.75, 3.05) is 6.26 Å². The lowest BCUT2D eigenvalue weighted by Gasteiger charge is -2.19. The van der Waals surface area contributed by atoms with Gasteiger partial charge in [-0.15, -0.1) is 0 Å². The van der Waals surface area contributed by atoms with Crippen LogP contribution in [0.2, 0.25) is 0 Å². The van der Waals surface area contributed by atoms with Crippen LogP contribution in [0.25, 0.3) is 0 Å². The fourth-order valence-corrected chi connectivity index (χ4v) is 2.35. The second-order valence-electron chi connectivity index (χ2n) is 5.98. The zero-order chi connectivity index (χ0) is 15.7. The summed E-state index contributed by atoms with van der Waals surface area (Å²) in [6.07, 6.45) is 2.45. The van der Waals surface area contributed by atoms with E-state index in [0.717, 1.165) is 6.26 Å². The van der Waals surface area contributed by atoms with E-state index >= 15 is 0 Å². The highest BCUT2D eigenvalue weighted by Gasteiger charge is 2.13. The van der Waals surface area contributed by atoms with Crippen LogP contribution in [0.4, 0.5) is 0 Å². The van der Waals surface area contributed by atoms with Gasteiger partial charge in [-0.05, 0) is 29.2 Å². The van der Waals surface area contributed by atoms with E-state index in [1.807, 2.05) is 24.3 Å². The molecule has 1 heterocycles. The van der Waals surface area contributed by atoms with Crippen molar-refractivity contribution in [2.24, 2.45) is 0 Å². The minimum Gasteiger partial charge on any atom is -0.439 e. The number of rotatable bonds is 3. The Morgan fingerprint density at radius 1 is 1.00 bits per heavy atom. The lowest BCUT2D eigenvalue weighted by atomic mass is 9.87. The van der Waals surface area contributed by atoms with E-state index in [1.54, 1.807) is 6.07 Å². The maximum absolute atomic E-state index is 11.4. The van der Waals surface area contributed by atoms with Gasteiger partial charge >= 0.3 is 0 Å². The van der Waals surface area contributed by atoms with Gasteiger partial charge in [-0.1, -0.05) is 32.9 Å². The molecule has 0 aliphatic carbocycles. The van der Waals surface area contributed by atoms with Gasteiger partial charge in [0.2, 0.25) is 5.88 Å². The molecule has 21 heavy (non-hydrogen) atoms. The number of ether oxygens (including phenoxy) is 1. The van der Waals surface area contributed by atoms with Gasteiger partial charge in [0.1, 0.15) is 5.75 Å². The first-order valence-corrected chi connectivity index (χ1v) is 8.50. The van der Waals surface area contributed by atoms with Gasteiger partial charge in [0, 0.05) is 18.5 Å². The number of aromatic nitrogens is 1. The molecule has 0 radical (unpaired) electrons. The lowest BCUT2D eigenvalue weighted by Crippen LogP contribution is -2.10. The van der Waals surface area contributed by atoms with Crippen LogP contribution in [0.3, 0.4) is 0 Å². The molecule has 0 aliphatic rings. The van der Waals surface area contributed by atoms with Gasteiger partial charge in [-0.2, -0.15) is 0 Å². The van der Waals surface area contributed by atoms with Gasteiger partial charge in [0.05, 0.1) is 4.90 Å². The molecular formula is C16H19NO3S. The number of pyridine rings is 1. The minimum atomic E-state index is -3.23. The van der Waals surface area contributed by atoms with Crippen LogP contribution < -0.4 is 4.74 Å². The van der Waals surface area contributed by atoms with Crippen molar-refractivity contribution in [1.29, 1.82) is 0 Å². The minimum absolute atomic E-state index is 0.0912. The molecule has 0 fully saturated rings. The van der Waals surface area contributed by atoms with Gasteiger partial charge in [-0.3, -0.25) is 0 Å². The molecule has 112 valence electrons. The molecular weight excluding hydrogens is 286 g/mol. The van der Waals surface area contributed by atoms with Crippen molar-refractivity contribution in [3.63, 3.8) is 0 Å². The standard InChI is InChI=1S/C16H19NO3S/c1-16(2,3)12-5-7-13(8-6-12)20-15-10-9-14(11-17-15)21(4,18)19/h5-11H,1-4H3. The first kappa shape index (κ1) is 15.5. The highest BCUT2D eigenvalue weighted by atomic mass is 32.2. The Hall–Kier alpha value is -1.88. The number of benzene rings is 1. The average Bonchev–Trinajstić information content (AvgIpc) is 2.38. The Bertz CT molecular complexity index is 712. The van der Waals surface area contributed by atoms with Crippen LogP contribution in [-0.2, 0) is 15.3 Å². The third kappa shape index (κ3) is 4.04. The van der Waals surface area contributed by atoms with Gasteiger partial charge < -0.3 is 4.74 Å². The number of nitrogens with zero attached hydrogens (tertiary/aromatic N) is 1. The molecule has 0 spiro atoms. The van der Waals surface area contributed by atoms with E-state index in [2.05, 4.69) is 25.8 Å². The predicted molar refractivity (Wildman–Crippen MR) is 82.6 cm³/mol. The summed E-state index contributed by atoms with van der Waals surface area (Å²) >= 11 is 0. The van der Waals surface area contributed by atoms with E-state index < -0.39 is 9.84 Å². The van der Waals surface area contributed by atoms with E-state index in [1.165, 1.54) is 17.8 Å². The highest BCUT2D eigenvalue weighted by molar-refractivity contribution is 7.90. The monoisotopic (exact) mass is 305 g/mol. The van der Waals surface area contributed by atoms with Crippen molar-refractivity contribution in [2.45, 2.75) is 31.1 Å². The zero-order valence-electron chi connectivity index (χ0n) is 12.6. The molecule has 0 N–H and O–H groups in total. The molecule has 0 saturated carbocycles. The second-order valence-corrected chi connectivity index (χ2v) is 8.00. The van der Waals surface area contributed by atoms with E-state index in [9.17, 15) is 8.42 Å². The normalized spacial score (nSPS) is 12.2. The molecule has 0 unspecified atom stereocenters. The van der Waals surface area contributed by atoms with E-state index in [-0.39, 0.29) is 10.3 Å². The topological polar surface area (TPSA) is 56.3 Å². The fraction of sp³-hybridized carbons (Fsp3) is 0.312. The molecule has 2 aromatic rings. The van der Waals surface area contributed by atoms with Gasteiger partial charge in [0.25, 0.3) is 0 Å².